The summed E-state index contributed by atoms with van der Waals surface area (Å²) in [6.07, 6.45) is 0.543. The van der Waals surface area contributed by atoms with Crippen molar-refractivity contribution in [2.75, 3.05) is 10.6 Å². The Labute approximate surface area is 200 Å². The lowest BCUT2D eigenvalue weighted by Gasteiger charge is -2.19. The van der Waals surface area contributed by atoms with E-state index in [0.29, 0.717) is 45.9 Å². The van der Waals surface area contributed by atoms with Crippen molar-refractivity contribution in [1.29, 1.82) is 0 Å². The number of fused-ring (bicyclic) bond motifs is 1. The van der Waals surface area contributed by atoms with Crippen molar-refractivity contribution < 1.29 is 18.3 Å². The first-order valence-corrected chi connectivity index (χ1v) is 10.9. The minimum Gasteiger partial charge on any atom is -0.455 e. The predicted octanol–water partition coefficient (Wildman–Crippen LogP) is 4.62. The summed E-state index contributed by atoms with van der Waals surface area (Å²) >= 11 is 0. The van der Waals surface area contributed by atoms with Gasteiger partial charge in [0.05, 0.1) is 11.7 Å². The minimum atomic E-state index is -2.52. The van der Waals surface area contributed by atoms with Gasteiger partial charge in [-0.15, -0.1) is 0 Å². The Kier molecular flexibility index (Phi) is 6.37. The molecule has 0 saturated heterocycles. The van der Waals surface area contributed by atoms with Crippen LogP contribution in [0.5, 0.6) is 11.5 Å². The lowest BCUT2D eigenvalue weighted by Crippen LogP contribution is -2.20. The van der Waals surface area contributed by atoms with Gasteiger partial charge in [0.15, 0.2) is 11.5 Å². The van der Waals surface area contributed by atoms with Crippen molar-refractivity contribution in [2.45, 2.75) is 46.1 Å². The van der Waals surface area contributed by atoms with Gasteiger partial charge in [-0.2, -0.15) is 10.1 Å². The zero-order valence-corrected chi connectivity index (χ0v) is 20.0. The Balaban J connectivity index is 1.59. The van der Waals surface area contributed by atoms with Crippen LogP contribution in [0.2, 0.25) is 0 Å². The molecule has 1 amide bonds. The van der Waals surface area contributed by atoms with Crippen molar-refractivity contribution in [1.82, 2.24) is 29.3 Å². The summed E-state index contributed by atoms with van der Waals surface area (Å²) in [5, 5.41) is 10.0. The van der Waals surface area contributed by atoms with Crippen LogP contribution >= 0.6 is 0 Å². The van der Waals surface area contributed by atoms with Crippen LogP contribution in [-0.2, 0) is 23.8 Å². The van der Waals surface area contributed by atoms with Crippen LogP contribution in [0.4, 0.5) is 26.4 Å². The number of anilines is 3. The Morgan fingerprint density at radius 2 is 1.91 bits per heavy atom. The number of nitrogens with zero attached hydrogens (tertiary/aromatic N) is 6. The first-order chi connectivity index (χ1) is 16.5. The molecule has 12 heteroatoms. The second-order valence-electron chi connectivity index (χ2n) is 9.03. The number of nitrogens with one attached hydrogen (secondary N) is 2. The van der Waals surface area contributed by atoms with E-state index in [-0.39, 0.29) is 11.3 Å². The molecule has 4 aromatic rings. The molecule has 0 atom stereocenters. The molecule has 2 N–H and O–H groups in total. The van der Waals surface area contributed by atoms with Crippen LogP contribution in [-0.4, -0.2) is 41.6 Å². The number of halogens is 2. The molecule has 0 aliphatic rings. The van der Waals surface area contributed by atoms with Crippen molar-refractivity contribution in [2.24, 2.45) is 7.05 Å². The summed E-state index contributed by atoms with van der Waals surface area (Å²) in [7, 11) is 1.80. The van der Waals surface area contributed by atoms with Crippen LogP contribution in [0.3, 0.4) is 0 Å². The number of alkyl halides is 2. The third-order valence-electron chi connectivity index (χ3n) is 5.08. The highest BCUT2D eigenvalue weighted by atomic mass is 19.3. The number of carbonyl (C=O) groups is 1. The quantitative estimate of drug-likeness (QED) is 0.394. The molecule has 10 nitrogen and oxygen atoms in total. The maximum absolute atomic E-state index is 13.1. The smallest absolute Gasteiger partial charge is 0.257 e. The van der Waals surface area contributed by atoms with Crippen molar-refractivity contribution >= 4 is 34.7 Å². The largest absolute Gasteiger partial charge is 0.455 e. The lowest BCUT2D eigenvalue weighted by atomic mass is 9.92. The summed E-state index contributed by atoms with van der Waals surface area (Å²) < 4.78 is 35.1. The van der Waals surface area contributed by atoms with Crippen LogP contribution < -0.4 is 15.4 Å². The number of amides is 1. The molecule has 0 aliphatic carbocycles. The normalized spacial score (nSPS) is 11.8. The van der Waals surface area contributed by atoms with Gasteiger partial charge in [0.1, 0.15) is 23.9 Å². The zero-order valence-electron chi connectivity index (χ0n) is 20.0. The molecule has 0 radical (unpaired) electrons. The van der Waals surface area contributed by atoms with Crippen LogP contribution in [0.25, 0.3) is 11.2 Å². The van der Waals surface area contributed by atoms with Gasteiger partial charge in [0, 0.05) is 49.5 Å². The van der Waals surface area contributed by atoms with Gasteiger partial charge in [-0.1, -0.05) is 20.8 Å². The number of rotatable bonds is 7. The van der Waals surface area contributed by atoms with Crippen LogP contribution in [0.15, 0.2) is 36.7 Å². The van der Waals surface area contributed by atoms with E-state index in [9.17, 15) is 13.6 Å². The average Bonchev–Trinajstić information content (AvgIpc) is 3.28. The van der Waals surface area contributed by atoms with Gasteiger partial charge in [0.25, 0.3) is 6.43 Å². The van der Waals surface area contributed by atoms with Crippen LogP contribution in [0, 0.1) is 0 Å². The molecule has 0 unspecified atom stereocenters. The highest BCUT2D eigenvalue weighted by Crippen LogP contribution is 2.29. The van der Waals surface area contributed by atoms with E-state index in [1.54, 1.807) is 35.9 Å². The summed E-state index contributed by atoms with van der Waals surface area (Å²) in [4.78, 5) is 24.2. The molecule has 0 spiro atoms. The third kappa shape index (κ3) is 5.53. The second-order valence-corrected chi connectivity index (χ2v) is 9.03. The van der Waals surface area contributed by atoms with E-state index in [4.69, 9.17) is 4.74 Å². The Hall–Kier alpha value is -4.09. The molecule has 0 saturated carbocycles. The topological polar surface area (TPSA) is 112 Å². The van der Waals surface area contributed by atoms with Gasteiger partial charge in [-0.3, -0.25) is 9.48 Å². The molecule has 0 aliphatic heterocycles. The fraction of sp³-hybridized carbons (Fsp3) is 0.348. The zero-order chi connectivity index (χ0) is 25.3. The predicted molar refractivity (Wildman–Crippen MR) is 127 cm³/mol. The molecule has 4 heterocycles. The van der Waals surface area contributed by atoms with E-state index < -0.39 is 13.0 Å². The summed E-state index contributed by atoms with van der Waals surface area (Å²) in [5.41, 5.74) is 1.47. The monoisotopic (exact) mass is 484 g/mol. The standard InChI is InChI=1S/C23H26F2N8O2/c1-13(34)28-19-9-14(6-7-26-19)35-15-8-16-21(27-11-15)30-22(32(16)5)29-20-10-17(23(2,3)4)33(31-20)12-18(24)25/h6-11,18H,12H2,1-5H3,(H,26,28,34)(H,27,29,30,31). The number of hydrogen-bond donors (Lipinski definition) is 2. The molecule has 0 bridgehead atoms. The Morgan fingerprint density at radius 1 is 1.14 bits per heavy atom. The summed E-state index contributed by atoms with van der Waals surface area (Å²) in [6, 6.07) is 6.79. The number of hydrogen-bond acceptors (Lipinski definition) is 7. The highest BCUT2D eigenvalue weighted by Gasteiger charge is 2.23. The van der Waals surface area contributed by atoms with Crippen molar-refractivity contribution in [3.63, 3.8) is 0 Å². The summed E-state index contributed by atoms with van der Waals surface area (Å²) in [6.45, 7) is 6.74. The van der Waals surface area contributed by atoms with Gasteiger partial charge < -0.3 is 19.9 Å². The van der Waals surface area contributed by atoms with Gasteiger partial charge in [-0.25, -0.2) is 18.7 Å². The summed E-state index contributed by atoms with van der Waals surface area (Å²) in [5.74, 6) is 1.93. The highest BCUT2D eigenvalue weighted by molar-refractivity contribution is 5.87. The van der Waals surface area contributed by atoms with E-state index in [1.165, 1.54) is 24.0 Å². The molecule has 4 rings (SSSR count). The van der Waals surface area contributed by atoms with Crippen molar-refractivity contribution in [3.8, 4) is 11.5 Å². The number of aromatic nitrogens is 6. The lowest BCUT2D eigenvalue weighted by molar-refractivity contribution is -0.114. The minimum absolute atomic E-state index is 0.235. The number of pyridine rings is 2. The van der Waals surface area contributed by atoms with Crippen molar-refractivity contribution in [3.05, 3.63) is 42.4 Å². The maximum atomic E-state index is 13.1. The van der Waals surface area contributed by atoms with E-state index in [2.05, 4.69) is 30.7 Å². The Morgan fingerprint density at radius 3 is 2.60 bits per heavy atom. The van der Waals surface area contributed by atoms with Gasteiger partial charge in [0.2, 0.25) is 11.9 Å². The fourth-order valence-electron chi connectivity index (χ4n) is 3.54. The van der Waals surface area contributed by atoms with E-state index in [0.717, 1.165) is 0 Å². The molecule has 184 valence electrons. The first kappa shape index (κ1) is 24.0. The van der Waals surface area contributed by atoms with E-state index >= 15 is 0 Å². The number of carbonyl (C=O) groups excluding carboxylic acids is 1. The fourth-order valence-corrected chi connectivity index (χ4v) is 3.54. The molecule has 0 fully saturated rings. The number of imidazole rings is 1. The number of ether oxygens (including phenoxy) is 1. The van der Waals surface area contributed by atoms with Gasteiger partial charge in [-0.05, 0) is 6.07 Å². The van der Waals surface area contributed by atoms with Gasteiger partial charge >= 0.3 is 0 Å². The molecular formula is C23H26F2N8O2. The van der Waals surface area contributed by atoms with Crippen LogP contribution in [0.1, 0.15) is 33.4 Å². The molecule has 35 heavy (non-hydrogen) atoms. The Bertz CT molecular complexity index is 1370. The average molecular weight is 485 g/mol. The first-order valence-electron chi connectivity index (χ1n) is 10.9. The maximum Gasteiger partial charge on any atom is 0.257 e. The SMILES string of the molecule is CC(=O)Nc1cc(Oc2cnc3nc(Nc4cc(C(C)(C)C)n(CC(F)F)n4)n(C)c3c2)ccn1. The van der Waals surface area contributed by atoms with E-state index in [1.807, 2.05) is 20.8 Å². The molecule has 0 aromatic carbocycles. The molecule has 4 aromatic heterocycles. The molecular weight excluding hydrogens is 458 g/mol. The second kappa shape index (κ2) is 9.28. The number of aryl methyl sites for hydroxylation is 1. The third-order valence-corrected chi connectivity index (χ3v) is 5.08.